The van der Waals surface area contributed by atoms with E-state index in [2.05, 4.69) is 43.4 Å². The van der Waals surface area contributed by atoms with Crippen molar-refractivity contribution in [3.63, 3.8) is 0 Å². The first-order valence-electron chi connectivity index (χ1n) is 7.65. The summed E-state index contributed by atoms with van der Waals surface area (Å²) in [5.74, 6) is 1.64. The highest BCUT2D eigenvalue weighted by molar-refractivity contribution is 5.29. The normalized spacial score (nSPS) is 12.4. The lowest BCUT2D eigenvalue weighted by atomic mass is 9.99. The third kappa shape index (κ3) is 6.63. The average molecular weight is 263 g/mol. The molecule has 2 heteroatoms. The molecule has 0 bridgehead atoms. The Balaban J connectivity index is 2.16. The first-order valence-corrected chi connectivity index (χ1v) is 7.65. The van der Waals surface area contributed by atoms with E-state index in [1.165, 1.54) is 31.2 Å². The molecule has 0 fully saturated rings. The fraction of sp³-hybridized carbons (Fsp3) is 0.647. The lowest BCUT2D eigenvalue weighted by molar-refractivity contribution is 0.304. The predicted octanol–water partition coefficient (Wildman–Crippen LogP) is 4.36. The molecule has 0 saturated carbocycles. The number of ether oxygens (including phenoxy) is 1. The quantitative estimate of drug-likeness (QED) is 0.633. The molecule has 108 valence electrons. The van der Waals surface area contributed by atoms with Crippen LogP contribution in [0.4, 0.5) is 0 Å². The van der Waals surface area contributed by atoms with Crippen molar-refractivity contribution in [2.24, 2.45) is 0 Å². The lowest BCUT2D eigenvalue weighted by Crippen LogP contribution is -2.07. The zero-order valence-electron chi connectivity index (χ0n) is 12.7. The number of benzene rings is 1. The van der Waals surface area contributed by atoms with Gasteiger partial charge in [0, 0.05) is 0 Å². The maximum Gasteiger partial charge on any atom is 0.119 e. The van der Waals surface area contributed by atoms with Gasteiger partial charge in [-0.05, 0) is 56.5 Å². The summed E-state index contributed by atoms with van der Waals surface area (Å²) in [6, 6.07) is 8.58. The second kappa shape index (κ2) is 9.85. The van der Waals surface area contributed by atoms with Crippen LogP contribution in [0.1, 0.15) is 57.4 Å². The zero-order chi connectivity index (χ0) is 13.9. The van der Waals surface area contributed by atoms with E-state index in [4.69, 9.17) is 4.74 Å². The van der Waals surface area contributed by atoms with Crippen LogP contribution in [0, 0.1) is 0 Å². The molecule has 0 spiro atoms. The molecule has 2 nitrogen and oxygen atoms in total. The van der Waals surface area contributed by atoms with Crippen molar-refractivity contribution in [2.75, 3.05) is 20.2 Å². The summed E-state index contributed by atoms with van der Waals surface area (Å²) in [6.07, 6.45) is 6.15. The molecule has 1 unspecified atom stereocenters. The Morgan fingerprint density at radius 2 is 1.74 bits per heavy atom. The van der Waals surface area contributed by atoms with Crippen LogP contribution in [-0.4, -0.2) is 20.2 Å². The molecule has 1 N–H and O–H groups in total. The summed E-state index contributed by atoms with van der Waals surface area (Å²) < 4.78 is 5.77. The van der Waals surface area contributed by atoms with Crippen LogP contribution in [0.5, 0.6) is 5.75 Å². The lowest BCUT2D eigenvalue weighted by Gasteiger charge is -2.10. The van der Waals surface area contributed by atoms with Gasteiger partial charge in [-0.25, -0.2) is 0 Å². The van der Waals surface area contributed by atoms with E-state index in [1.54, 1.807) is 0 Å². The van der Waals surface area contributed by atoms with E-state index in [-0.39, 0.29) is 0 Å². The molecule has 1 aromatic carbocycles. The highest BCUT2D eigenvalue weighted by Gasteiger charge is 2.02. The van der Waals surface area contributed by atoms with Crippen molar-refractivity contribution in [1.29, 1.82) is 0 Å². The summed E-state index contributed by atoms with van der Waals surface area (Å²) in [5.41, 5.74) is 1.40. The Labute approximate surface area is 118 Å². The van der Waals surface area contributed by atoms with Gasteiger partial charge in [0.15, 0.2) is 0 Å². The molecular formula is C17H29NO. The number of unbranched alkanes of at least 4 members (excludes halogenated alkanes) is 3. The molecule has 0 heterocycles. The molecule has 19 heavy (non-hydrogen) atoms. The van der Waals surface area contributed by atoms with Crippen LogP contribution in [0.3, 0.4) is 0 Å². The van der Waals surface area contributed by atoms with Crippen molar-refractivity contribution in [2.45, 2.75) is 51.9 Å². The summed E-state index contributed by atoms with van der Waals surface area (Å²) in [4.78, 5) is 0. The SMILES string of the molecule is CCC(C)c1ccc(OCCCCCCNC)cc1. The number of hydrogen-bond acceptors (Lipinski definition) is 2. The molecule has 1 atom stereocenters. The van der Waals surface area contributed by atoms with Crippen molar-refractivity contribution >= 4 is 0 Å². The summed E-state index contributed by atoms with van der Waals surface area (Å²) in [6.45, 7) is 6.45. The van der Waals surface area contributed by atoms with Crippen LogP contribution < -0.4 is 10.1 Å². The van der Waals surface area contributed by atoms with E-state index in [1.807, 2.05) is 7.05 Å². The molecule has 0 aromatic heterocycles. The Morgan fingerprint density at radius 1 is 1.05 bits per heavy atom. The van der Waals surface area contributed by atoms with E-state index in [9.17, 15) is 0 Å². The smallest absolute Gasteiger partial charge is 0.119 e. The van der Waals surface area contributed by atoms with Crippen molar-refractivity contribution in [3.05, 3.63) is 29.8 Å². The van der Waals surface area contributed by atoms with Crippen LogP contribution >= 0.6 is 0 Å². The molecule has 0 aliphatic rings. The Kier molecular flexibility index (Phi) is 8.31. The van der Waals surface area contributed by atoms with Gasteiger partial charge in [0.05, 0.1) is 6.61 Å². The van der Waals surface area contributed by atoms with E-state index in [0.717, 1.165) is 25.3 Å². The monoisotopic (exact) mass is 263 g/mol. The maximum absolute atomic E-state index is 5.77. The van der Waals surface area contributed by atoms with Crippen LogP contribution in [0.25, 0.3) is 0 Å². The van der Waals surface area contributed by atoms with E-state index in [0.29, 0.717) is 5.92 Å². The van der Waals surface area contributed by atoms with E-state index < -0.39 is 0 Å². The van der Waals surface area contributed by atoms with Gasteiger partial charge in [0.25, 0.3) is 0 Å². The average Bonchev–Trinajstić information content (AvgIpc) is 2.46. The molecule has 0 aliphatic carbocycles. The summed E-state index contributed by atoms with van der Waals surface area (Å²) >= 11 is 0. The van der Waals surface area contributed by atoms with Gasteiger partial charge in [-0.3, -0.25) is 0 Å². The van der Waals surface area contributed by atoms with Crippen LogP contribution in [0.15, 0.2) is 24.3 Å². The second-order valence-electron chi connectivity index (χ2n) is 5.24. The minimum Gasteiger partial charge on any atom is -0.494 e. The fourth-order valence-corrected chi connectivity index (χ4v) is 2.08. The number of nitrogens with one attached hydrogen (secondary N) is 1. The van der Waals surface area contributed by atoms with Gasteiger partial charge >= 0.3 is 0 Å². The number of hydrogen-bond donors (Lipinski definition) is 1. The topological polar surface area (TPSA) is 21.3 Å². The minimum atomic E-state index is 0.640. The van der Waals surface area contributed by atoms with Crippen LogP contribution in [0.2, 0.25) is 0 Å². The van der Waals surface area contributed by atoms with Crippen molar-refractivity contribution in [3.8, 4) is 5.75 Å². The highest BCUT2D eigenvalue weighted by atomic mass is 16.5. The molecular weight excluding hydrogens is 234 g/mol. The fourth-order valence-electron chi connectivity index (χ4n) is 2.08. The second-order valence-corrected chi connectivity index (χ2v) is 5.24. The van der Waals surface area contributed by atoms with Gasteiger partial charge in [0.1, 0.15) is 5.75 Å². The van der Waals surface area contributed by atoms with Gasteiger partial charge in [0.2, 0.25) is 0 Å². The maximum atomic E-state index is 5.77. The summed E-state index contributed by atoms with van der Waals surface area (Å²) in [5, 5.41) is 3.17. The molecule has 1 aromatic rings. The Morgan fingerprint density at radius 3 is 2.37 bits per heavy atom. The third-order valence-corrected chi connectivity index (χ3v) is 3.65. The highest BCUT2D eigenvalue weighted by Crippen LogP contribution is 2.21. The zero-order valence-corrected chi connectivity index (χ0v) is 12.7. The molecule has 0 radical (unpaired) electrons. The van der Waals surface area contributed by atoms with Crippen LogP contribution in [-0.2, 0) is 0 Å². The third-order valence-electron chi connectivity index (χ3n) is 3.65. The standard InChI is InChI=1S/C17H29NO/c1-4-15(2)16-9-11-17(12-10-16)19-14-8-6-5-7-13-18-3/h9-12,15,18H,4-8,13-14H2,1-3H3. The predicted molar refractivity (Wildman–Crippen MR) is 83.0 cm³/mol. The Hall–Kier alpha value is -1.02. The molecule has 0 saturated heterocycles. The van der Waals surface area contributed by atoms with Gasteiger partial charge in [-0.1, -0.05) is 38.8 Å². The van der Waals surface area contributed by atoms with Crippen molar-refractivity contribution < 1.29 is 4.74 Å². The largest absolute Gasteiger partial charge is 0.494 e. The molecule has 0 amide bonds. The summed E-state index contributed by atoms with van der Waals surface area (Å²) in [7, 11) is 2.01. The first kappa shape index (κ1) is 16.0. The van der Waals surface area contributed by atoms with Gasteiger partial charge in [-0.2, -0.15) is 0 Å². The molecule has 0 aliphatic heterocycles. The van der Waals surface area contributed by atoms with E-state index >= 15 is 0 Å². The van der Waals surface area contributed by atoms with Crippen molar-refractivity contribution in [1.82, 2.24) is 5.32 Å². The number of rotatable bonds is 10. The molecule has 1 rings (SSSR count). The Bertz CT molecular complexity index is 321. The first-order chi connectivity index (χ1) is 9.27. The van der Waals surface area contributed by atoms with Gasteiger partial charge < -0.3 is 10.1 Å². The minimum absolute atomic E-state index is 0.640. The van der Waals surface area contributed by atoms with Gasteiger partial charge in [-0.15, -0.1) is 0 Å².